The molecule has 28 heavy (non-hydrogen) atoms. The molecule has 0 fully saturated rings. The van der Waals surface area contributed by atoms with Crippen LogP contribution in [0.2, 0.25) is 0 Å². The molecule has 0 bridgehead atoms. The van der Waals surface area contributed by atoms with E-state index in [0.717, 1.165) is 29.9 Å². The number of hydrogen-bond donors (Lipinski definition) is 2. The molecule has 0 radical (unpaired) electrons. The van der Waals surface area contributed by atoms with Crippen LogP contribution in [0, 0.1) is 0 Å². The van der Waals surface area contributed by atoms with Crippen molar-refractivity contribution < 1.29 is 8.73 Å². The number of aliphatic imine (C=N–C) groups is 1. The van der Waals surface area contributed by atoms with Crippen LogP contribution in [0.25, 0.3) is 0 Å². The smallest absolute Gasteiger partial charge is 0.191 e. The summed E-state index contributed by atoms with van der Waals surface area (Å²) in [6.07, 6.45) is 2.11. The van der Waals surface area contributed by atoms with Crippen LogP contribution in [-0.2, 0) is 23.1 Å². The molecule has 1 aromatic carbocycles. The molecule has 8 heteroatoms. The fourth-order valence-corrected chi connectivity index (χ4v) is 3.86. The van der Waals surface area contributed by atoms with Gasteiger partial charge in [0.15, 0.2) is 11.7 Å². The van der Waals surface area contributed by atoms with E-state index in [0.29, 0.717) is 36.5 Å². The molecule has 1 unspecified atom stereocenters. The van der Waals surface area contributed by atoms with Gasteiger partial charge in [-0.15, -0.1) is 24.0 Å². The monoisotopic (exact) mass is 518 g/mol. The molecule has 1 heterocycles. The normalized spacial score (nSPS) is 12.5. The van der Waals surface area contributed by atoms with E-state index in [9.17, 15) is 4.21 Å². The maximum atomic E-state index is 12.2. The number of aromatic nitrogens is 1. The first-order chi connectivity index (χ1) is 13.2. The van der Waals surface area contributed by atoms with Crippen LogP contribution >= 0.6 is 24.0 Å². The van der Waals surface area contributed by atoms with Crippen LogP contribution in [0.3, 0.4) is 0 Å². The van der Waals surface area contributed by atoms with Crippen LogP contribution in [0.5, 0.6) is 0 Å². The summed E-state index contributed by atoms with van der Waals surface area (Å²) in [5, 5.41) is 10.6. The fourth-order valence-electron chi connectivity index (χ4n) is 2.82. The first kappa shape index (κ1) is 24.6. The predicted octanol–water partition coefficient (Wildman–Crippen LogP) is 3.81. The largest absolute Gasteiger partial charge is 0.359 e. The van der Waals surface area contributed by atoms with Gasteiger partial charge >= 0.3 is 0 Å². The minimum Gasteiger partial charge on any atom is -0.359 e. The first-order valence-electron chi connectivity index (χ1n) is 9.45. The summed E-state index contributed by atoms with van der Waals surface area (Å²) in [5.41, 5.74) is 2.10. The average molecular weight is 518 g/mol. The molecule has 0 amide bonds. The van der Waals surface area contributed by atoms with Crippen molar-refractivity contribution >= 4 is 40.7 Å². The van der Waals surface area contributed by atoms with E-state index < -0.39 is 10.8 Å². The fraction of sp³-hybridized carbons (Fsp3) is 0.500. The van der Waals surface area contributed by atoms with Crippen LogP contribution in [0.1, 0.15) is 49.6 Å². The van der Waals surface area contributed by atoms with Crippen molar-refractivity contribution in [3.05, 3.63) is 53.4 Å². The molecule has 1 atom stereocenters. The van der Waals surface area contributed by atoms with E-state index in [1.54, 1.807) is 7.05 Å². The van der Waals surface area contributed by atoms with Gasteiger partial charge in [0.2, 0.25) is 0 Å². The Balaban J connectivity index is 0.00000392. The SMILES string of the molecule is CCC(CC)c1cc(CNC(=NC)NCCS(=O)Cc2ccccc2)on1.I. The van der Waals surface area contributed by atoms with Gasteiger partial charge in [0.05, 0.1) is 12.2 Å². The summed E-state index contributed by atoms with van der Waals surface area (Å²) in [6, 6.07) is 11.9. The third-order valence-electron chi connectivity index (χ3n) is 4.43. The Morgan fingerprint density at radius 3 is 2.57 bits per heavy atom. The molecule has 0 aliphatic carbocycles. The maximum absolute atomic E-state index is 12.2. The molecule has 6 nitrogen and oxygen atoms in total. The Labute approximate surface area is 187 Å². The Bertz CT molecular complexity index is 733. The van der Waals surface area contributed by atoms with Crippen LogP contribution in [-0.4, -0.2) is 34.7 Å². The van der Waals surface area contributed by atoms with Gasteiger partial charge in [0, 0.05) is 47.9 Å². The third-order valence-corrected chi connectivity index (χ3v) is 5.74. The quantitative estimate of drug-likeness (QED) is 0.284. The number of guanidine groups is 1. The molecule has 2 N–H and O–H groups in total. The van der Waals surface area contributed by atoms with Crippen LogP contribution in [0.15, 0.2) is 45.9 Å². The van der Waals surface area contributed by atoms with Crippen LogP contribution in [0.4, 0.5) is 0 Å². The van der Waals surface area contributed by atoms with Crippen molar-refractivity contribution in [1.82, 2.24) is 15.8 Å². The Morgan fingerprint density at radius 1 is 1.21 bits per heavy atom. The van der Waals surface area contributed by atoms with Gasteiger partial charge in [-0.25, -0.2) is 0 Å². The summed E-state index contributed by atoms with van der Waals surface area (Å²) in [6.45, 7) is 5.43. The van der Waals surface area contributed by atoms with Gasteiger partial charge in [-0.05, 0) is 18.4 Å². The Kier molecular flexibility index (Phi) is 12.1. The van der Waals surface area contributed by atoms with Crippen molar-refractivity contribution in [1.29, 1.82) is 0 Å². The molecule has 156 valence electrons. The Hall–Kier alpha value is -1.42. The van der Waals surface area contributed by atoms with Gasteiger partial charge in [-0.2, -0.15) is 0 Å². The summed E-state index contributed by atoms with van der Waals surface area (Å²) in [4.78, 5) is 4.19. The highest BCUT2D eigenvalue weighted by atomic mass is 127. The molecular weight excluding hydrogens is 487 g/mol. The van der Waals surface area contributed by atoms with Crippen molar-refractivity contribution in [3.8, 4) is 0 Å². The Morgan fingerprint density at radius 2 is 1.93 bits per heavy atom. The number of halogens is 1. The number of nitrogens with one attached hydrogen (secondary N) is 2. The topological polar surface area (TPSA) is 79.5 Å². The van der Waals surface area contributed by atoms with E-state index in [-0.39, 0.29) is 24.0 Å². The zero-order valence-electron chi connectivity index (χ0n) is 16.8. The highest BCUT2D eigenvalue weighted by Crippen LogP contribution is 2.22. The number of rotatable bonds is 10. The van der Waals surface area contributed by atoms with E-state index >= 15 is 0 Å². The standard InChI is InChI=1S/C20H30N4O2S.HI/c1-4-17(5-2)19-13-18(26-24-19)14-23-20(21-3)22-11-12-27(25)15-16-9-7-6-8-10-16;/h6-10,13,17H,4-5,11-12,14-15H2,1-3H3,(H2,21,22,23);1H. The second-order valence-electron chi connectivity index (χ2n) is 6.36. The zero-order chi connectivity index (χ0) is 19.5. The highest BCUT2D eigenvalue weighted by molar-refractivity contribution is 14.0. The van der Waals surface area contributed by atoms with Gasteiger partial charge in [0.1, 0.15) is 0 Å². The average Bonchev–Trinajstić information content (AvgIpc) is 3.15. The molecule has 2 aromatic rings. The molecule has 0 saturated carbocycles. The van der Waals surface area contributed by atoms with Crippen LogP contribution < -0.4 is 10.6 Å². The molecule has 2 rings (SSSR count). The number of hydrogen-bond acceptors (Lipinski definition) is 4. The highest BCUT2D eigenvalue weighted by Gasteiger charge is 2.13. The van der Waals surface area contributed by atoms with Crippen molar-refractivity contribution in [2.75, 3.05) is 19.3 Å². The molecule has 0 spiro atoms. The lowest BCUT2D eigenvalue weighted by Crippen LogP contribution is -2.38. The summed E-state index contributed by atoms with van der Waals surface area (Å²) >= 11 is 0. The maximum Gasteiger partial charge on any atom is 0.191 e. The molecular formula is C20H31IN4O2S. The lowest BCUT2D eigenvalue weighted by Gasteiger charge is -2.10. The third kappa shape index (κ3) is 8.30. The van der Waals surface area contributed by atoms with Gasteiger partial charge in [-0.3, -0.25) is 9.20 Å². The first-order valence-corrected chi connectivity index (χ1v) is 10.9. The van der Waals surface area contributed by atoms with E-state index in [4.69, 9.17) is 4.52 Å². The predicted molar refractivity (Wildman–Crippen MR) is 127 cm³/mol. The van der Waals surface area contributed by atoms with Gasteiger partial charge in [0.25, 0.3) is 0 Å². The van der Waals surface area contributed by atoms with E-state index in [1.807, 2.05) is 36.4 Å². The summed E-state index contributed by atoms with van der Waals surface area (Å²) in [5.74, 6) is 3.03. The van der Waals surface area contributed by atoms with E-state index in [2.05, 4.69) is 34.6 Å². The lowest BCUT2D eigenvalue weighted by atomic mass is 9.99. The van der Waals surface area contributed by atoms with Crippen molar-refractivity contribution in [3.63, 3.8) is 0 Å². The zero-order valence-corrected chi connectivity index (χ0v) is 20.0. The lowest BCUT2D eigenvalue weighted by molar-refractivity contribution is 0.368. The molecule has 1 aromatic heterocycles. The summed E-state index contributed by atoms with van der Waals surface area (Å²) < 4.78 is 17.6. The van der Waals surface area contributed by atoms with Crippen molar-refractivity contribution in [2.45, 2.75) is 44.9 Å². The van der Waals surface area contributed by atoms with Gasteiger partial charge < -0.3 is 15.2 Å². The second kappa shape index (κ2) is 13.7. The number of benzene rings is 1. The summed E-state index contributed by atoms with van der Waals surface area (Å²) in [7, 11) is 0.807. The minimum atomic E-state index is -0.907. The number of nitrogens with zero attached hydrogens (tertiary/aromatic N) is 2. The molecule has 0 saturated heterocycles. The minimum absolute atomic E-state index is 0. The van der Waals surface area contributed by atoms with E-state index in [1.165, 1.54) is 0 Å². The second-order valence-corrected chi connectivity index (χ2v) is 7.93. The van der Waals surface area contributed by atoms with Gasteiger partial charge in [-0.1, -0.05) is 49.3 Å². The molecule has 0 aliphatic heterocycles. The molecule has 0 aliphatic rings. The van der Waals surface area contributed by atoms with Crippen molar-refractivity contribution in [2.24, 2.45) is 4.99 Å².